The van der Waals surface area contributed by atoms with Crippen molar-refractivity contribution in [1.82, 2.24) is 10.2 Å². The lowest BCUT2D eigenvalue weighted by atomic mass is 10.0. The number of benzene rings is 3. The minimum atomic E-state index is -3.81. The summed E-state index contributed by atoms with van der Waals surface area (Å²) in [6, 6.07) is 21.6. The monoisotopic (exact) mass is 613 g/mol. The molecule has 1 aliphatic rings. The molecule has 0 heterocycles. The van der Waals surface area contributed by atoms with Crippen LogP contribution in [0.25, 0.3) is 0 Å². The summed E-state index contributed by atoms with van der Waals surface area (Å²) in [6.07, 6.45) is 5.34. The van der Waals surface area contributed by atoms with Crippen LogP contribution >= 0.6 is 11.6 Å². The topological polar surface area (TPSA) is 86.8 Å². The van der Waals surface area contributed by atoms with E-state index in [-0.39, 0.29) is 49.5 Å². The quantitative estimate of drug-likeness (QED) is 0.267. The molecule has 4 rings (SSSR count). The minimum Gasteiger partial charge on any atom is -0.352 e. The van der Waals surface area contributed by atoms with Crippen molar-refractivity contribution >= 4 is 39.1 Å². The largest absolute Gasteiger partial charge is 0.352 e. The number of carbonyl (C=O) groups is 2. The van der Waals surface area contributed by atoms with Crippen LogP contribution in [-0.2, 0) is 32.6 Å². The van der Waals surface area contributed by atoms with Gasteiger partial charge >= 0.3 is 0 Å². The van der Waals surface area contributed by atoms with Crippen molar-refractivity contribution in [3.63, 3.8) is 0 Å². The molecule has 3 aromatic carbocycles. The van der Waals surface area contributed by atoms with Gasteiger partial charge in [-0.1, -0.05) is 79.0 Å². The second-order valence-electron chi connectivity index (χ2n) is 10.7. The maximum absolute atomic E-state index is 14.5. The lowest BCUT2D eigenvalue weighted by molar-refractivity contribution is -0.141. The third-order valence-corrected chi connectivity index (χ3v) is 8.90. The standard InChI is InChI=1S/C32H37ClFN3O4S/c1-42(40,41)37(29-18-8-7-17-28(29)34)20-10-19-31(38)36(23-25-13-9-14-26(33)21-25)30(22-24-11-3-2-4-12-24)32(39)35-27-15-5-6-16-27/h2-4,7-9,11-14,17-18,21,27,30H,5-6,10,15-16,19-20,22-23H2,1H3,(H,35,39)/t30-/m0/s1. The van der Waals surface area contributed by atoms with Crippen LogP contribution in [-0.4, -0.2) is 50.0 Å². The summed E-state index contributed by atoms with van der Waals surface area (Å²) in [6.45, 7) is 0.0617. The average molecular weight is 614 g/mol. The molecule has 1 fully saturated rings. The molecule has 0 aromatic heterocycles. The normalized spacial score (nSPS) is 14.4. The average Bonchev–Trinajstić information content (AvgIpc) is 3.46. The van der Waals surface area contributed by atoms with Gasteiger partial charge in [-0.15, -0.1) is 0 Å². The first kappa shape index (κ1) is 31.5. The Morgan fingerprint density at radius 2 is 1.64 bits per heavy atom. The smallest absolute Gasteiger partial charge is 0.243 e. The summed E-state index contributed by atoms with van der Waals surface area (Å²) in [5.74, 6) is -1.19. The van der Waals surface area contributed by atoms with Crippen LogP contribution in [0.4, 0.5) is 10.1 Å². The number of hydrogen-bond donors (Lipinski definition) is 1. The van der Waals surface area contributed by atoms with E-state index in [0.717, 1.165) is 47.4 Å². The summed E-state index contributed by atoms with van der Waals surface area (Å²) in [5, 5.41) is 3.68. The number of nitrogens with one attached hydrogen (secondary N) is 1. The highest BCUT2D eigenvalue weighted by molar-refractivity contribution is 7.92. The van der Waals surface area contributed by atoms with Gasteiger partial charge in [0.25, 0.3) is 0 Å². The number of nitrogens with zero attached hydrogens (tertiary/aromatic N) is 2. The van der Waals surface area contributed by atoms with Crippen molar-refractivity contribution in [1.29, 1.82) is 0 Å². The Morgan fingerprint density at radius 3 is 2.31 bits per heavy atom. The van der Waals surface area contributed by atoms with Gasteiger partial charge in [0.15, 0.2) is 0 Å². The Bertz CT molecular complexity index is 1470. The van der Waals surface area contributed by atoms with Gasteiger partial charge in [0.1, 0.15) is 11.9 Å². The van der Waals surface area contributed by atoms with E-state index in [0.29, 0.717) is 11.4 Å². The van der Waals surface area contributed by atoms with Gasteiger partial charge in [-0.2, -0.15) is 0 Å². The van der Waals surface area contributed by atoms with Crippen LogP contribution in [0.3, 0.4) is 0 Å². The molecule has 0 aliphatic heterocycles. The van der Waals surface area contributed by atoms with Gasteiger partial charge in [0, 0.05) is 37.0 Å². The number of anilines is 1. The SMILES string of the molecule is CS(=O)(=O)N(CCCC(=O)N(Cc1cccc(Cl)c1)[C@@H](Cc1ccccc1)C(=O)NC1CCCC1)c1ccccc1F. The molecular formula is C32H37ClFN3O4S. The fraction of sp³-hybridized carbons (Fsp3) is 0.375. The zero-order valence-corrected chi connectivity index (χ0v) is 25.3. The highest BCUT2D eigenvalue weighted by atomic mass is 35.5. The Balaban J connectivity index is 1.59. The molecule has 10 heteroatoms. The van der Waals surface area contributed by atoms with E-state index in [9.17, 15) is 22.4 Å². The second kappa shape index (κ2) is 14.6. The van der Waals surface area contributed by atoms with Crippen molar-refractivity contribution < 1.29 is 22.4 Å². The lowest BCUT2D eigenvalue weighted by Gasteiger charge is -2.33. The third kappa shape index (κ3) is 8.79. The van der Waals surface area contributed by atoms with Crippen molar-refractivity contribution in [3.8, 4) is 0 Å². The Kier molecular flexibility index (Phi) is 11.0. The van der Waals surface area contributed by atoms with Gasteiger partial charge in [0.2, 0.25) is 21.8 Å². The zero-order chi connectivity index (χ0) is 30.1. The summed E-state index contributed by atoms with van der Waals surface area (Å²) in [5.41, 5.74) is 1.61. The maximum atomic E-state index is 14.5. The lowest BCUT2D eigenvalue weighted by Crippen LogP contribution is -2.52. The van der Waals surface area contributed by atoms with E-state index in [1.807, 2.05) is 36.4 Å². The van der Waals surface area contributed by atoms with Crippen LogP contribution in [0.2, 0.25) is 5.02 Å². The van der Waals surface area contributed by atoms with Crippen molar-refractivity contribution in [2.24, 2.45) is 0 Å². The number of carbonyl (C=O) groups excluding carboxylic acids is 2. The molecule has 0 spiro atoms. The molecule has 2 amide bonds. The van der Waals surface area contributed by atoms with Gasteiger partial charge in [-0.3, -0.25) is 13.9 Å². The Morgan fingerprint density at radius 1 is 0.976 bits per heavy atom. The van der Waals surface area contributed by atoms with E-state index in [2.05, 4.69) is 5.32 Å². The highest BCUT2D eigenvalue weighted by Gasteiger charge is 2.32. The summed E-state index contributed by atoms with van der Waals surface area (Å²) in [7, 11) is -3.81. The fourth-order valence-corrected chi connectivity index (χ4v) is 6.57. The number of para-hydroxylation sites is 1. The first-order valence-electron chi connectivity index (χ1n) is 14.2. The Labute approximate surface area is 252 Å². The van der Waals surface area contributed by atoms with Crippen LogP contribution < -0.4 is 9.62 Å². The predicted octanol–water partition coefficient (Wildman–Crippen LogP) is 5.72. The molecule has 7 nitrogen and oxygen atoms in total. The molecule has 1 saturated carbocycles. The van der Waals surface area contributed by atoms with Crippen molar-refractivity contribution in [2.75, 3.05) is 17.1 Å². The summed E-state index contributed by atoms with van der Waals surface area (Å²) >= 11 is 6.25. The van der Waals surface area contributed by atoms with Crippen molar-refractivity contribution in [3.05, 3.63) is 101 Å². The summed E-state index contributed by atoms with van der Waals surface area (Å²) < 4.78 is 40.5. The minimum absolute atomic E-state index is 0.0387. The van der Waals surface area contributed by atoms with Gasteiger partial charge < -0.3 is 10.2 Å². The molecule has 0 unspecified atom stereocenters. The van der Waals surface area contributed by atoms with E-state index in [1.165, 1.54) is 18.2 Å². The number of sulfonamides is 1. The number of rotatable bonds is 13. The molecule has 1 atom stereocenters. The number of halogens is 2. The first-order chi connectivity index (χ1) is 20.1. The van der Waals surface area contributed by atoms with Gasteiger partial charge in [0.05, 0.1) is 11.9 Å². The predicted molar refractivity (Wildman–Crippen MR) is 164 cm³/mol. The van der Waals surface area contributed by atoms with Gasteiger partial charge in [-0.25, -0.2) is 12.8 Å². The molecular weight excluding hydrogens is 577 g/mol. The molecule has 0 saturated heterocycles. The van der Waals surface area contributed by atoms with E-state index in [4.69, 9.17) is 11.6 Å². The van der Waals surface area contributed by atoms with Crippen LogP contribution in [0, 0.1) is 5.82 Å². The summed E-state index contributed by atoms with van der Waals surface area (Å²) in [4.78, 5) is 29.3. The second-order valence-corrected chi connectivity index (χ2v) is 13.1. The van der Waals surface area contributed by atoms with E-state index in [1.54, 1.807) is 29.2 Å². The van der Waals surface area contributed by atoms with E-state index < -0.39 is 21.9 Å². The molecule has 3 aromatic rings. The number of amides is 2. The van der Waals surface area contributed by atoms with E-state index >= 15 is 0 Å². The molecule has 224 valence electrons. The molecule has 0 bridgehead atoms. The molecule has 1 aliphatic carbocycles. The fourth-order valence-electron chi connectivity index (χ4n) is 5.39. The third-order valence-electron chi connectivity index (χ3n) is 7.49. The highest BCUT2D eigenvalue weighted by Crippen LogP contribution is 2.24. The number of hydrogen-bond acceptors (Lipinski definition) is 4. The van der Waals surface area contributed by atoms with Crippen LogP contribution in [0.1, 0.15) is 49.7 Å². The van der Waals surface area contributed by atoms with Gasteiger partial charge in [-0.05, 0) is 54.7 Å². The van der Waals surface area contributed by atoms with Crippen molar-refractivity contribution in [2.45, 2.75) is 63.6 Å². The molecule has 42 heavy (non-hydrogen) atoms. The van der Waals surface area contributed by atoms with Crippen LogP contribution in [0.5, 0.6) is 0 Å². The molecule has 1 N–H and O–H groups in total. The zero-order valence-electron chi connectivity index (χ0n) is 23.7. The van der Waals surface area contributed by atoms with Crippen LogP contribution in [0.15, 0.2) is 78.9 Å². The maximum Gasteiger partial charge on any atom is 0.243 e. The molecule has 0 radical (unpaired) electrons. The Hall–Kier alpha value is -3.43. The first-order valence-corrected chi connectivity index (χ1v) is 16.4.